The van der Waals surface area contributed by atoms with Gasteiger partial charge in [-0.2, -0.15) is 0 Å². The third-order valence-corrected chi connectivity index (χ3v) is 5.22. The first kappa shape index (κ1) is 21.9. The van der Waals surface area contributed by atoms with Gasteiger partial charge in [-0.25, -0.2) is 4.39 Å². The van der Waals surface area contributed by atoms with Crippen molar-refractivity contribution in [2.24, 2.45) is 16.6 Å². The van der Waals surface area contributed by atoms with Gasteiger partial charge in [-0.3, -0.25) is 9.79 Å². The Labute approximate surface area is 176 Å². The molecule has 6 nitrogen and oxygen atoms in total. The molecule has 0 aliphatic heterocycles. The summed E-state index contributed by atoms with van der Waals surface area (Å²) in [7, 11) is 1.71. The zero-order valence-corrected chi connectivity index (χ0v) is 17.5. The van der Waals surface area contributed by atoms with E-state index in [2.05, 4.69) is 15.3 Å². The van der Waals surface area contributed by atoms with Crippen LogP contribution in [0.5, 0.6) is 0 Å². The maximum atomic E-state index is 13.8. The van der Waals surface area contributed by atoms with Gasteiger partial charge >= 0.3 is 0 Å². The van der Waals surface area contributed by atoms with Crippen molar-refractivity contribution in [2.45, 2.75) is 26.2 Å². The second-order valence-corrected chi connectivity index (χ2v) is 7.34. The fourth-order valence-corrected chi connectivity index (χ4v) is 3.76. The average Bonchev–Trinajstić information content (AvgIpc) is 3.09. The number of fused-ring (bicyclic) bond motifs is 1. The van der Waals surface area contributed by atoms with Crippen LogP contribution in [0, 0.1) is 11.7 Å². The number of aromatic amines is 1. The molecule has 0 saturated heterocycles. The number of nitrogens with two attached hydrogens (primary N) is 1. The Morgan fingerprint density at radius 2 is 2.27 bits per heavy atom. The Morgan fingerprint density at radius 1 is 1.43 bits per heavy atom. The number of halogens is 1. The lowest BCUT2D eigenvalue weighted by Crippen LogP contribution is -2.26. The molecule has 4 N–H and O–H groups in total. The first-order chi connectivity index (χ1) is 14.6. The standard InChI is InChI=1S/C23H29FN4O2/c1-3-30-10-8-16(7-9-26-2)22-23(27-18-6-4-5-17(24)13-18)21-19(28-22)11-15(14-25)12-20(21)29/h4-7,9,13,15,27-28H,3,8,10-12,14,25H2,1-2H3/b16-7+,26-9?. The molecule has 1 aliphatic rings. The summed E-state index contributed by atoms with van der Waals surface area (Å²) < 4.78 is 19.3. The highest BCUT2D eigenvalue weighted by Crippen LogP contribution is 2.38. The zero-order chi connectivity index (χ0) is 21.5. The second kappa shape index (κ2) is 10.3. The second-order valence-electron chi connectivity index (χ2n) is 7.34. The van der Waals surface area contributed by atoms with E-state index < -0.39 is 0 Å². The molecule has 0 radical (unpaired) electrons. The van der Waals surface area contributed by atoms with Crippen LogP contribution in [0.3, 0.4) is 0 Å². The average molecular weight is 413 g/mol. The summed E-state index contributed by atoms with van der Waals surface area (Å²) in [5, 5.41) is 3.28. The van der Waals surface area contributed by atoms with Gasteiger partial charge in [-0.1, -0.05) is 6.07 Å². The maximum absolute atomic E-state index is 13.8. The summed E-state index contributed by atoms with van der Waals surface area (Å²) in [5.74, 6) is -0.182. The Balaban J connectivity index is 2.09. The number of nitrogens with one attached hydrogen (secondary N) is 2. The first-order valence-electron chi connectivity index (χ1n) is 10.3. The smallest absolute Gasteiger partial charge is 0.167 e. The lowest BCUT2D eigenvalue weighted by Gasteiger charge is -2.20. The van der Waals surface area contributed by atoms with Gasteiger partial charge in [0, 0.05) is 37.7 Å². The van der Waals surface area contributed by atoms with Crippen LogP contribution < -0.4 is 11.1 Å². The minimum atomic E-state index is -0.342. The van der Waals surface area contributed by atoms with E-state index in [9.17, 15) is 9.18 Å². The number of aromatic nitrogens is 1. The van der Waals surface area contributed by atoms with Crippen LogP contribution in [0.1, 0.15) is 41.5 Å². The molecular formula is C23H29FN4O2. The van der Waals surface area contributed by atoms with Crippen molar-refractivity contribution in [1.82, 2.24) is 4.98 Å². The van der Waals surface area contributed by atoms with E-state index in [0.29, 0.717) is 56.0 Å². The van der Waals surface area contributed by atoms with Gasteiger partial charge in [-0.05, 0) is 62.1 Å². The fourth-order valence-electron chi connectivity index (χ4n) is 3.76. The van der Waals surface area contributed by atoms with E-state index in [0.717, 1.165) is 17.0 Å². The SMILES string of the molecule is CCOCC/C(=C\C=NC)c1[nH]c2c(c1Nc1cccc(F)c1)C(=O)CC(CN)C2. The van der Waals surface area contributed by atoms with E-state index in [1.165, 1.54) is 12.1 Å². The molecule has 0 amide bonds. The minimum absolute atomic E-state index is 0.0430. The number of Topliss-reactive ketones (excluding diaryl/α,β-unsaturated/α-hetero) is 1. The van der Waals surface area contributed by atoms with Crippen LogP contribution in [-0.4, -0.2) is 43.8 Å². The van der Waals surface area contributed by atoms with Gasteiger partial charge < -0.3 is 20.8 Å². The number of ether oxygens (including phenoxy) is 1. The minimum Gasteiger partial charge on any atom is -0.381 e. The van der Waals surface area contributed by atoms with E-state index in [1.54, 1.807) is 25.4 Å². The number of hydrogen-bond donors (Lipinski definition) is 3. The summed E-state index contributed by atoms with van der Waals surface area (Å²) in [5.41, 5.74) is 10.4. The highest BCUT2D eigenvalue weighted by atomic mass is 19.1. The van der Waals surface area contributed by atoms with Crippen molar-refractivity contribution in [3.63, 3.8) is 0 Å². The Hall–Kier alpha value is -2.77. The molecule has 1 aromatic heterocycles. The highest BCUT2D eigenvalue weighted by Gasteiger charge is 2.31. The van der Waals surface area contributed by atoms with Crippen LogP contribution in [0.25, 0.3) is 5.57 Å². The number of benzene rings is 1. The molecule has 1 aromatic carbocycles. The molecule has 30 heavy (non-hydrogen) atoms. The third kappa shape index (κ3) is 5.04. The summed E-state index contributed by atoms with van der Waals surface area (Å²) in [6.45, 7) is 3.58. The quantitative estimate of drug-likeness (QED) is 0.427. The summed E-state index contributed by atoms with van der Waals surface area (Å²) >= 11 is 0. The number of aliphatic imine (C=N–C) groups is 1. The first-order valence-corrected chi connectivity index (χ1v) is 10.3. The van der Waals surface area contributed by atoms with Crippen molar-refractivity contribution in [1.29, 1.82) is 0 Å². The predicted octanol–water partition coefficient (Wildman–Crippen LogP) is 4.11. The van der Waals surface area contributed by atoms with Crippen molar-refractivity contribution in [2.75, 3.05) is 32.1 Å². The number of anilines is 2. The largest absolute Gasteiger partial charge is 0.381 e. The Bertz CT molecular complexity index is 949. The molecule has 1 atom stereocenters. The number of carbonyl (C=O) groups excluding carboxylic acids is 1. The van der Waals surface area contributed by atoms with Crippen molar-refractivity contribution in [3.8, 4) is 0 Å². The van der Waals surface area contributed by atoms with Crippen LogP contribution in [-0.2, 0) is 11.2 Å². The normalized spacial score (nSPS) is 16.9. The third-order valence-electron chi connectivity index (χ3n) is 5.22. The van der Waals surface area contributed by atoms with Gasteiger partial charge in [0.2, 0.25) is 0 Å². The number of hydrogen-bond acceptors (Lipinski definition) is 5. The van der Waals surface area contributed by atoms with Gasteiger partial charge in [0.05, 0.1) is 23.6 Å². The van der Waals surface area contributed by atoms with Gasteiger partial charge in [0.25, 0.3) is 0 Å². The van der Waals surface area contributed by atoms with Crippen LogP contribution in [0.4, 0.5) is 15.8 Å². The summed E-state index contributed by atoms with van der Waals surface area (Å²) in [6, 6.07) is 6.22. The Morgan fingerprint density at radius 3 is 2.97 bits per heavy atom. The van der Waals surface area contributed by atoms with Crippen LogP contribution in [0.2, 0.25) is 0 Å². The lowest BCUT2D eigenvalue weighted by molar-refractivity contribution is 0.0951. The molecule has 1 aliphatic carbocycles. The summed E-state index contributed by atoms with van der Waals surface area (Å²) in [6.07, 6.45) is 5.39. The number of nitrogens with zero attached hydrogens (tertiary/aromatic N) is 1. The van der Waals surface area contributed by atoms with E-state index in [-0.39, 0.29) is 17.5 Å². The van der Waals surface area contributed by atoms with E-state index in [4.69, 9.17) is 10.5 Å². The molecule has 0 saturated carbocycles. The van der Waals surface area contributed by atoms with Crippen molar-refractivity contribution >= 4 is 28.9 Å². The molecule has 0 bridgehead atoms. The van der Waals surface area contributed by atoms with E-state index in [1.807, 2.05) is 13.0 Å². The van der Waals surface area contributed by atoms with Gasteiger partial charge in [-0.15, -0.1) is 0 Å². The monoisotopic (exact) mass is 412 g/mol. The number of allylic oxidation sites excluding steroid dienone is 1. The zero-order valence-electron chi connectivity index (χ0n) is 17.5. The number of H-pyrrole nitrogens is 1. The van der Waals surface area contributed by atoms with Gasteiger partial charge in [0.15, 0.2) is 5.78 Å². The molecule has 2 aromatic rings. The number of carbonyl (C=O) groups is 1. The molecule has 160 valence electrons. The molecule has 0 fully saturated rings. The molecule has 7 heteroatoms. The predicted molar refractivity (Wildman–Crippen MR) is 119 cm³/mol. The van der Waals surface area contributed by atoms with Crippen LogP contribution in [0.15, 0.2) is 35.3 Å². The van der Waals surface area contributed by atoms with Gasteiger partial charge in [0.1, 0.15) is 5.82 Å². The van der Waals surface area contributed by atoms with Crippen LogP contribution >= 0.6 is 0 Å². The van der Waals surface area contributed by atoms with E-state index >= 15 is 0 Å². The lowest BCUT2D eigenvalue weighted by atomic mass is 9.86. The maximum Gasteiger partial charge on any atom is 0.167 e. The highest BCUT2D eigenvalue weighted by molar-refractivity contribution is 6.07. The summed E-state index contributed by atoms with van der Waals surface area (Å²) in [4.78, 5) is 20.5. The number of ketones is 1. The topological polar surface area (TPSA) is 92.5 Å². The Kier molecular flexibility index (Phi) is 7.54. The fraction of sp³-hybridized carbons (Fsp3) is 0.391. The molecule has 1 unspecified atom stereocenters. The molecular weight excluding hydrogens is 383 g/mol. The van der Waals surface area contributed by atoms with Crippen molar-refractivity contribution in [3.05, 3.63) is 53.1 Å². The molecule has 0 spiro atoms. The molecule has 1 heterocycles. The van der Waals surface area contributed by atoms with Crippen molar-refractivity contribution < 1.29 is 13.9 Å². The number of rotatable bonds is 9. The molecule has 3 rings (SSSR count).